The molecular weight excluding hydrogens is 388 g/mol. The van der Waals surface area contributed by atoms with Crippen molar-refractivity contribution in [3.63, 3.8) is 0 Å². The largest absolute Gasteiger partial charge is 0.469 e. The lowest BCUT2D eigenvalue weighted by molar-refractivity contribution is -0.140. The number of esters is 1. The molecule has 1 N–H and O–H groups in total. The normalized spacial score (nSPS) is 16.6. The minimum Gasteiger partial charge on any atom is -0.469 e. The van der Waals surface area contributed by atoms with Crippen LogP contribution >= 0.6 is 15.9 Å². The molecule has 1 fully saturated rings. The SMILES string of the molecule is COC(=O)CCCCNC(=O)C1CCCN1C(=O)c1ccc(Br)cc1. The predicted molar refractivity (Wildman–Crippen MR) is 97.1 cm³/mol. The Kier molecular flexibility index (Phi) is 7.43. The molecule has 0 saturated carbocycles. The van der Waals surface area contributed by atoms with Crippen LogP contribution in [-0.4, -0.2) is 48.9 Å². The average molecular weight is 411 g/mol. The van der Waals surface area contributed by atoms with Gasteiger partial charge in [-0.05, 0) is 49.9 Å². The summed E-state index contributed by atoms with van der Waals surface area (Å²) in [5.74, 6) is -0.481. The first-order chi connectivity index (χ1) is 12.0. The highest BCUT2D eigenvalue weighted by atomic mass is 79.9. The Hall–Kier alpha value is -1.89. The average Bonchev–Trinajstić information content (AvgIpc) is 3.10. The Morgan fingerprint density at radius 2 is 1.96 bits per heavy atom. The second-order valence-corrected chi connectivity index (χ2v) is 6.90. The number of likely N-dealkylation sites (tertiary alicyclic amines) is 1. The lowest BCUT2D eigenvalue weighted by Gasteiger charge is -2.24. The van der Waals surface area contributed by atoms with E-state index in [2.05, 4.69) is 26.0 Å². The summed E-state index contributed by atoms with van der Waals surface area (Å²) in [4.78, 5) is 37.7. The maximum atomic E-state index is 12.6. The van der Waals surface area contributed by atoms with Gasteiger partial charge in [0, 0.05) is 29.5 Å². The van der Waals surface area contributed by atoms with E-state index in [0.717, 1.165) is 10.9 Å². The summed E-state index contributed by atoms with van der Waals surface area (Å²) in [6.45, 7) is 1.09. The Bertz CT molecular complexity index is 618. The van der Waals surface area contributed by atoms with E-state index in [0.29, 0.717) is 44.3 Å². The van der Waals surface area contributed by atoms with Crippen molar-refractivity contribution in [1.82, 2.24) is 10.2 Å². The Morgan fingerprint density at radius 1 is 1.24 bits per heavy atom. The molecule has 6 nitrogen and oxygen atoms in total. The molecule has 1 aliphatic rings. The third kappa shape index (κ3) is 5.56. The molecule has 2 rings (SSSR count). The van der Waals surface area contributed by atoms with E-state index in [1.54, 1.807) is 17.0 Å². The van der Waals surface area contributed by atoms with Gasteiger partial charge in [0.15, 0.2) is 0 Å². The number of carbonyl (C=O) groups excluding carboxylic acids is 3. The highest BCUT2D eigenvalue weighted by Crippen LogP contribution is 2.21. The van der Waals surface area contributed by atoms with E-state index in [4.69, 9.17) is 0 Å². The van der Waals surface area contributed by atoms with Gasteiger partial charge < -0.3 is 15.0 Å². The van der Waals surface area contributed by atoms with Crippen molar-refractivity contribution in [1.29, 1.82) is 0 Å². The standard InChI is InChI=1S/C18H23BrN2O4/c1-25-16(22)6-2-3-11-20-17(23)15-5-4-12-21(15)18(24)13-7-9-14(19)10-8-13/h7-10,15H,2-6,11-12H2,1H3,(H,20,23). The van der Waals surface area contributed by atoms with E-state index in [1.165, 1.54) is 7.11 Å². The van der Waals surface area contributed by atoms with Gasteiger partial charge in [0.05, 0.1) is 7.11 Å². The molecule has 1 unspecified atom stereocenters. The van der Waals surface area contributed by atoms with Crippen LogP contribution in [0.3, 0.4) is 0 Å². The molecule has 0 bridgehead atoms. The number of methoxy groups -OCH3 is 1. The minimum absolute atomic E-state index is 0.115. The fraction of sp³-hybridized carbons (Fsp3) is 0.500. The minimum atomic E-state index is -0.420. The van der Waals surface area contributed by atoms with Gasteiger partial charge in [-0.2, -0.15) is 0 Å². The molecule has 0 aliphatic carbocycles. The van der Waals surface area contributed by atoms with Crippen LogP contribution in [0.25, 0.3) is 0 Å². The van der Waals surface area contributed by atoms with Crippen LogP contribution in [0.15, 0.2) is 28.7 Å². The fourth-order valence-corrected chi connectivity index (χ4v) is 3.13. The Labute approximate surface area is 156 Å². The Morgan fingerprint density at radius 3 is 2.64 bits per heavy atom. The van der Waals surface area contributed by atoms with Gasteiger partial charge in [-0.3, -0.25) is 14.4 Å². The lowest BCUT2D eigenvalue weighted by atomic mass is 10.1. The number of unbranched alkanes of at least 4 members (excludes halogenated alkanes) is 1. The number of hydrogen-bond acceptors (Lipinski definition) is 4. The highest BCUT2D eigenvalue weighted by molar-refractivity contribution is 9.10. The van der Waals surface area contributed by atoms with Crippen LogP contribution in [0.4, 0.5) is 0 Å². The predicted octanol–water partition coefficient (Wildman–Crippen LogP) is 2.51. The number of benzene rings is 1. The summed E-state index contributed by atoms with van der Waals surface area (Å²) in [5, 5.41) is 2.87. The molecule has 1 saturated heterocycles. The number of nitrogens with one attached hydrogen (secondary N) is 1. The topological polar surface area (TPSA) is 75.7 Å². The number of carbonyl (C=O) groups is 3. The fourth-order valence-electron chi connectivity index (χ4n) is 2.87. The van der Waals surface area contributed by atoms with Crippen molar-refractivity contribution < 1.29 is 19.1 Å². The number of amides is 2. The second-order valence-electron chi connectivity index (χ2n) is 5.99. The second kappa shape index (κ2) is 9.56. The van der Waals surface area contributed by atoms with Crippen molar-refractivity contribution in [2.45, 2.75) is 38.1 Å². The molecule has 25 heavy (non-hydrogen) atoms. The third-order valence-corrected chi connectivity index (χ3v) is 4.77. The molecule has 1 atom stereocenters. The van der Waals surface area contributed by atoms with E-state index in [-0.39, 0.29) is 17.8 Å². The van der Waals surface area contributed by atoms with Crippen LogP contribution in [0, 0.1) is 0 Å². The smallest absolute Gasteiger partial charge is 0.305 e. The van der Waals surface area contributed by atoms with Crippen LogP contribution in [0.2, 0.25) is 0 Å². The summed E-state index contributed by atoms with van der Waals surface area (Å²) < 4.78 is 5.48. The maximum Gasteiger partial charge on any atom is 0.305 e. The van der Waals surface area contributed by atoms with E-state index in [1.807, 2.05) is 12.1 Å². The molecule has 7 heteroatoms. The highest BCUT2D eigenvalue weighted by Gasteiger charge is 2.34. The maximum absolute atomic E-state index is 12.6. The van der Waals surface area contributed by atoms with Crippen molar-refractivity contribution in [2.75, 3.05) is 20.2 Å². The summed E-state index contributed by atoms with van der Waals surface area (Å²) >= 11 is 3.35. The molecule has 0 aromatic heterocycles. The number of hydrogen-bond donors (Lipinski definition) is 1. The molecule has 2 amide bonds. The first-order valence-corrected chi connectivity index (χ1v) is 9.23. The summed E-state index contributed by atoms with van der Waals surface area (Å²) in [6, 6.07) is 6.73. The van der Waals surface area contributed by atoms with Crippen LogP contribution < -0.4 is 5.32 Å². The van der Waals surface area contributed by atoms with Gasteiger partial charge in [-0.1, -0.05) is 15.9 Å². The van der Waals surface area contributed by atoms with Gasteiger partial charge in [-0.25, -0.2) is 0 Å². The molecule has 0 spiro atoms. The molecule has 1 aliphatic heterocycles. The van der Waals surface area contributed by atoms with Gasteiger partial charge >= 0.3 is 5.97 Å². The summed E-state index contributed by atoms with van der Waals surface area (Å²) in [5.41, 5.74) is 0.584. The van der Waals surface area contributed by atoms with Gasteiger partial charge in [0.2, 0.25) is 5.91 Å². The number of halogens is 1. The van der Waals surface area contributed by atoms with Crippen molar-refractivity contribution in [3.05, 3.63) is 34.3 Å². The zero-order valence-electron chi connectivity index (χ0n) is 14.3. The van der Waals surface area contributed by atoms with E-state index < -0.39 is 6.04 Å². The zero-order valence-corrected chi connectivity index (χ0v) is 15.9. The number of rotatable bonds is 7. The molecule has 1 aromatic carbocycles. The zero-order chi connectivity index (χ0) is 18.2. The van der Waals surface area contributed by atoms with Crippen molar-refractivity contribution in [3.8, 4) is 0 Å². The third-order valence-electron chi connectivity index (χ3n) is 4.24. The van der Waals surface area contributed by atoms with Crippen LogP contribution in [0.1, 0.15) is 42.5 Å². The monoisotopic (exact) mass is 410 g/mol. The quantitative estimate of drug-likeness (QED) is 0.553. The molecule has 1 heterocycles. The van der Waals surface area contributed by atoms with Crippen molar-refractivity contribution in [2.24, 2.45) is 0 Å². The summed E-state index contributed by atoms with van der Waals surface area (Å²) in [6.07, 6.45) is 3.22. The first-order valence-electron chi connectivity index (χ1n) is 8.44. The van der Waals surface area contributed by atoms with E-state index >= 15 is 0 Å². The Balaban J connectivity index is 1.83. The molecule has 0 radical (unpaired) electrons. The van der Waals surface area contributed by atoms with E-state index in [9.17, 15) is 14.4 Å². The first kappa shape index (κ1) is 19.4. The molecule has 136 valence electrons. The molecular formula is C18H23BrN2O4. The molecule has 1 aromatic rings. The van der Waals surface area contributed by atoms with Gasteiger partial charge in [-0.15, -0.1) is 0 Å². The van der Waals surface area contributed by atoms with Gasteiger partial charge in [0.25, 0.3) is 5.91 Å². The van der Waals surface area contributed by atoms with Crippen LogP contribution in [-0.2, 0) is 14.3 Å². The number of nitrogens with zero attached hydrogens (tertiary/aromatic N) is 1. The summed E-state index contributed by atoms with van der Waals surface area (Å²) in [7, 11) is 1.36. The lowest BCUT2D eigenvalue weighted by Crippen LogP contribution is -2.46. The number of ether oxygens (including phenoxy) is 1. The van der Waals surface area contributed by atoms with Gasteiger partial charge in [0.1, 0.15) is 6.04 Å². The van der Waals surface area contributed by atoms with Crippen LogP contribution in [0.5, 0.6) is 0 Å². The van der Waals surface area contributed by atoms with Crippen molar-refractivity contribution >= 4 is 33.7 Å².